The molecule has 0 saturated heterocycles. The first-order chi connectivity index (χ1) is 14.5. The van der Waals surface area contributed by atoms with Gasteiger partial charge in [-0.2, -0.15) is 0 Å². The van der Waals surface area contributed by atoms with Crippen molar-refractivity contribution in [1.82, 2.24) is 5.32 Å². The van der Waals surface area contributed by atoms with Gasteiger partial charge in [0.15, 0.2) is 0 Å². The molecule has 0 aliphatic carbocycles. The summed E-state index contributed by atoms with van der Waals surface area (Å²) in [6.45, 7) is 4.70. The molecular formula is C25H25FN2O2. The van der Waals surface area contributed by atoms with Gasteiger partial charge in [0, 0.05) is 17.8 Å². The van der Waals surface area contributed by atoms with Crippen LogP contribution in [0.2, 0.25) is 0 Å². The Morgan fingerprint density at radius 2 is 1.63 bits per heavy atom. The minimum Gasteiger partial charge on any atom is -0.356 e. The summed E-state index contributed by atoms with van der Waals surface area (Å²) in [6.07, 6.45) is 0.241. The quantitative estimate of drug-likeness (QED) is 0.623. The van der Waals surface area contributed by atoms with E-state index in [9.17, 15) is 14.0 Å². The third-order valence-electron chi connectivity index (χ3n) is 4.76. The summed E-state index contributed by atoms with van der Waals surface area (Å²) < 4.78 is 13.3. The van der Waals surface area contributed by atoms with Gasteiger partial charge < -0.3 is 10.2 Å². The summed E-state index contributed by atoms with van der Waals surface area (Å²) in [5, 5.41) is 2.79. The predicted octanol–water partition coefficient (Wildman–Crippen LogP) is 4.66. The lowest BCUT2D eigenvalue weighted by Gasteiger charge is -2.24. The third kappa shape index (κ3) is 5.54. The number of rotatable bonds is 7. The van der Waals surface area contributed by atoms with Crippen LogP contribution >= 0.6 is 0 Å². The fraction of sp³-hybridized carbons (Fsp3) is 0.200. The van der Waals surface area contributed by atoms with Crippen LogP contribution in [0.1, 0.15) is 34.0 Å². The molecule has 0 spiro atoms. The number of nitrogens with zero attached hydrogens (tertiary/aromatic N) is 1. The largest absolute Gasteiger partial charge is 0.356 e. The molecule has 0 radical (unpaired) electrons. The molecule has 0 heterocycles. The van der Waals surface area contributed by atoms with E-state index in [1.54, 1.807) is 29.2 Å². The van der Waals surface area contributed by atoms with Gasteiger partial charge in [0.2, 0.25) is 5.91 Å². The molecule has 0 fully saturated rings. The summed E-state index contributed by atoms with van der Waals surface area (Å²) >= 11 is 0. The summed E-state index contributed by atoms with van der Waals surface area (Å²) in [5.41, 5.74) is 3.95. The number of hydrogen-bond donors (Lipinski definition) is 1. The smallest absolute Gasteiger partial charge is 0.258 e. The van der Waals surface area contributed by atoms with Crippen LogP contribution in [0.25, 0.3) is 0 Å². The van der Waals surface area contributed by atoms with Gasteiger partial charge in [0.1, 0.15) is 5.82 Å². The Morgan fingerprint density at radius 1 is 0.933 bits per heavy atom. The normalized spacial score (nSPS) is 10.5. The topological polar surface area (TPSA) is 49.4 Å². The summed E-state index contributed by atoms with van der Waals surface area (Å²) in [7, 11) is 0. The molecule has 0 atom stereocenters. The molecular weight excluding hydrogens is 379 g/mol. The van der Waals surface area contributed by atoms with Gasteiger partial charge >= 0.3 is 0 Å². The summed E-state index contributed by atoms with van der Waals surface area (Å²) in [4.78, 5) is 27.0. The Morgan fingerprint density at radius 3 is 2.30 bits per heavy atom. The first-order valence-corrected chi connectivity index (χ1v) is 9.95. The van der Waals surface area contributed by atoms with Crippen LogP contribution < -0.4 is 10.2 Å². The molecule has 0 aromatic heterocycles. The van der Waals surface area contributed by atoms with Gasteiger partial charge in [-0.05, 0) is 61.4 Å². The van der Waals surface area contributed by atoms with E-state index >= 15 is 0 Å². The summed E-state index contributed by atoms with van der Waals surface area (Å²) in [6, 6.07) is 20.9. The Kier molecular flexibility index (Phi) is 6.96. The maximum absolute atomic E-state index is 13.3. The molecule has 3 aromatic carbocycles. The van der Waals surface area contributed by atoms with E-state index in [4.69, 9.17) is 0 Å². The van der Waals surface area contributed by atoms with Crippen LogP contribution in [0.15, 0.2) is 72.8 Å². The van der Waals surface area contributed by atoms with Gasteiger partial charge in [-0.25, -0.2) is 4.39 Å². The van der Waals surface area contributed by atoms with Crippen molar-refractivity contribution in [3.05, 3.63) is 101 Å². The van der Waals surface area contributed by atoms with Crippen LogP contribution in [-0.4, -0.2) is 18.4 Å². The number of likely N-dealkylation sites (N-methyl/N-ethyl adjacent to an activating group) is 1. The molecule has 154 valence electrons. The second-order valence-electron chi connectivity index (χ2n) is 7.18. The summed E-state index contributed by atoms with van der Waals surface area (Å²) in [5.74, 6) is -0.543. The number of benzene rings is 3. The zero-order chi connectivity index (χ0) is 21.5. The Bertz CT molecular complexity index is 1010. The van der Waals surface area contributed by atoms with Crippen LogP contribution in [0.3, 0.4) is 0 Å². The first-order valence-electron chi connectivity index (χ1n) is 9.95. The van der Waals surface area contributed by atoms with Crippen LogP contribution in [0, 0.1) is 12.7 Å². The van der Waals surface area contributed by atoms with E-state index in [-0.39, 0.29) is 30.6 Å². The SMILES string of the molecule is CCNC(=O)Cc1cccc(N(Cc2ccc(F)cc2)C(=O)c2ccc(C)cc2)c1. The lowest BCUT2D eigenvalue weighted by Crippen LogP contribution is -2.30. The average Bonchev–Trinajstić information content (AvgIpc) is 2.74. The van der Waals surface area contributed by atoms with E-state index in [1.165, 1.54) is 12.1 Å². The molecule has 0 unspecified atom stereocenters. The monoisotopic (exact) mass is 404 g/mol. The van der Waals surface area contributed by atoms with Crippen molar-refractivity contribution in [1.29, 1.82) is 0 Å². The average molecular weight is 404 g/mol. The van der Waals surface area contributed by atoms with Gasteiger partial charge in [-0.1, -0.05) is 42.0 Å². The van der Waals surface area contributed by atoms with Crippen molar-refractivity contribution >= 4 is 17.5 Å². The molecule has 4 nitrogen and oxygen atoms in total. The highest BCUT2D eigenvalue weighted by molar-refractivity contribution is 6.06. The van der Waals surface area contributed by atoms with E-state index < -0.39 is 0 Å². The van der Waals surface area contributed by atoms with Crippen molar-refractivity contribution in [2.45, 2.75) is 26.8 Å². The molecule has 5 heteroatoms. The van der Waals surface area contributed by atoms with E-state index in [0.717, 1.165) is 16.7 Å². The van der Waals surface area contributed by atoms with E-state index in [1.807, 2.05) is 50.2 Å². The lowest BCUT2D eigenvalue weighted by molar-refractivity contribution is -0.120. The minimum atomic E-state index is -0.320. The fourth-order valence-corrected chi connectivity index (χ4v) is 3.18. The number of hydrogen-bond acceptors (Lipinski definition) is 2. The number of aryl methyl sites for hydroxylation is 1. The van der Waals surface area contributed by atoms with Gasteiger partial charge in [0.25, 0.3) is 5.91 Å². The van der Waals surface area contributed by atoms with Crippen LogP contribution in [-0.2, 0) is 17.8 Å². The molecule has 3 aromatic rings. The molecule has 0 aliphatic heterocycles. The van der Waals surface area contributed by atoms with Crippen molar-refractivity contribution in [3.8, 4) is 0 Å². The lowest BCUT2D eigenvalue weighted by atomic mass is 10.1. The molecule has 30 heavy (non-hydrogen) atoms. The molecule has 3 rings (SSSR count). The van der Waals surface area contributed by atoms with Gasteiger partial charge in [-0.3, -0.25) is 9.59 Å². The zero-order valence-electron chi connectivity index (χ0n) is 17.2. The highest BCUT2D eigenvalue weighted by Gasteiger charge is 2.19. The highest BCUT2D eigenvalue weighted by Crippen LogP contribution is 2.22. The molecule has 1 N–H and O–H groups in total. The fourth-order valence-electron chi connectivity index (χ4n) is 3.18. The van der Waals surface area contributed by atoms with Crippen LogP contribution in [0.5, 0.6) is 0 Å². The van der Waals surface area contributed by atoms with E-state index in [2.05, 4.69) is 5.32 Å². The molecule has 0 bridgehead atoms. The minimum absolute atomic E-state index is 0.0652. The zero-order valence-corrected chi connectivity index (χ0v) is 17.2. The third-order valence-corrected chi connectivity index (χ3v) is 4.76. The number of carbonyl (C=O) groups excluding carboxylic acids is 2. The maximum atomic E-state index is 13.3. The van der Waals surface area contributed by atoms with Crippen molar-refractivity contribution < 1.29 is 14.0 Å². The second kappa shape index (κ2) is 9.83. The van der Waals surface area contributed by atoms with Gasteiger partial charge in [-0.15, -0.1) is 0 Å². The van der Waals surface area contributed by atoms with E-state index in [0.29, 0.717) is 17.8 Å². The maximum Gasteiger partial charge on any atom is 0.258 e. The molecule has 0 saturated carbocycles. The Balaban J connectivity index is 1.94. The van der Waals surface area contributed by atoms with Crippen molar-refractivity contribution in [3.63, 3.8) is 0 Å². The predicted molar refractivity (Wildman–Crippen MR) is 117 cm³/mol. The van der Waals surface area contributed by atoms with Crippen molar-refractivity contribution in [2.75, 3.05) is 11.4 Å². The Hall–Kier alpha value is -3.47. The highest BCUT2D eigenvalue weighted by atomic mass is 19.1. The first kappa shape index (κ1) is 21.2. The molecule has 0 aliphatic rings. The number of halogens is 1. The standard InChI is InChI=1S/C25H25FN2O2/c1-3-27-24(29)16-20-5-4-6-23(15-20)28(17-19-9-13-22(26)14-10-19)25(30)21-11-7-18(2)8-12-21/h4-15H,3,16-17H2,1-2H3,(H,27,29). The number of amides is 2. The van der Waals surface area contributed by atoms with Crippen LogP contribution in [0.4, 0.5) is 10.1 Å². The number of nitrogens with one attached hydrogen (secondary N) is 1. The Labute approximate surface area is 176 Å². The number of anilines is 1. The second-order valence-corrected chi connectivity index (χ2v) is 7.18. The molecule has 2 amide bonds. The number of carbonyl (C=O) groups is 2. The van der Waals surface area contributed by atoms with Crippen molar-refractivity contribution in [2.24, 2.45) is 0 Å². The van der Waals surface area contributed by atoms with Gasteiger partial charge in [0.05, 0.1) is 13.0 Å².